The molecule has 0 saturated heterocycles. The molecule has 0 bridgehead atoms. The molecule has 156 valence electrons. The third-order valence-electron chi connectivity index (χ3n) is 3.24. The predicted molar refractivity (Wildman–Crippen MR) is 82.5 cm³/mol. The Kier molecular flexibility index (Phi) is 6.58. The Hall–Kier alpha value is -3.42. The van der Waals surface area contributed by atoms with E-state index in [0.717, 1.165) is 12.1 Å². The van der Waals surface area contributed by atoms with Gasteiger partial charge < -0.3 is 19.9 Å². The van der Waals surface area contributed by atoms with Crippen LogP contribution in [-0.2, 0) is 17.9 Å². The van der Waals surface area contributed by atoms with Crippen LogP contribution in [0.25, 0.3) is 11.4 Å². The molecule has 0 saturated carbocycles. The Labute approximate surface area is 157 Å². The SMILES string of the molecule is NCc1nccn1Cc1nc(-c2cc(F)c(F)c(F)c2)no1.O=C(O)C(F)(F)F. The van der Waals surface area contributed by atoms with Gasteiger partial charge in [-0.3, -0.25) is 0 Å². The van der Waals surface area contributed by atoms with Gasteiger partial charge >= 0.3 is 12.1 Å². The number of hydrogen-bond acceptors (Lipinski definition) is 6. The summed E-state index contributed by atoms with van der Waals surface area (Å²) in [6.07, 6.45) is -1.83. The highest BCUT2D eigenvalue weighted by Crippen LogP contribution is 2.21. The van der Waals surface area contributed by atoms with Gasteiger partial charge in [0.15, 0.2) is 17.5 Å². The van der Waals surface area contributed by atoms with E-state index in [1.165, 1.54) is 0 Å². The zero-order chi connectivity index (χ0) is 21.8. The summed E-state index contributed by atoms with van der Waals surface area (Å²) in [5.41, 5.74) is 5.51. The van der Waals surface area contributed by atoms with Gasteiger partial charge in [-0.2, -0.15) is 18.2 Å². The Bertz CT molecular complexity index is 977. The summed E-state index contributed by atoms with van der Waals surface area (Å²) in [5, 5.41) is 10.8. The summed E-state index contributed by atoms with van der Waals surface area (Å²) in [6, 6.07) is 1.60. The molecule has 29 heavy (non-hydrogen) atoms. The van der Waals surface area contributed by atoms with Crippen LogP contribution in [0.15, 0.2) is 29.0 Å². The fourth-order valence-corrected chi connectivity index (χ4v) is 1.94. The van der Waals surface area contributed by atoms with Gasteiger partial charge in [-0.05, 0) is 12.1 Å². The molecule has 0 spiro atoms. The highest BCUT2D eigenvalue weighted by atomic mass is 19.4. The highest BCUT2D eigenvalue weighted by Gasteiger charge is 2.38. The van der Waals surface area contributed by atoms with E-state index in [0.29, 0.717) is 5.82 Å². The van der Waals surface area contributed by atoms with E-state index >= 15 is 0 Å². The van der Waals surface area contributed by atoms with Crippen LogP contribution in [-0.4, -0.2) is 36.9 Å². The Morgan fingerprint density at radius 1 is 1.21 bits per heavy atom. The van der Waals surface area contributed by atoms with Crippen molar-refractivity contribution in [2.45, 2.75) is 19.3 Å². The number of hydrogen-bond donors (Lipinski definition) is 2. The molecule has 2 heterocycles. The number of aromatic nitrogens is 4. The fourth-order valence-electron chi connectivity index (χ4n) is 1.94. The molecule has 1 aromatic carbocycles. The van der Waals surface area contributed by atoms with Crippen molar-refractivity contribution in [3.8, 4) is 11.4 Å². The zero-order valence-electron chi connectivity index (χ0n) is 14.1. The van der Waals surface area contributed by atoms with Gasteiger partial charge in [-0.15, -0.1) is 0 Å². The van der Waals surface area contributed by atoms with Gasteiger partial charge in [0.05, 0.1) is 6.54 Å². The molecule has 0 aliphatic carbocycles. The van der Waals surface area contributed by atoms with Crippen molar-refractivity contribution in [2.75, 3.05) is 0 Å². The first-order valence-electron chi connectivity index (χ1n) is 7.50. The lowest BCUT2D eigenvalue weighted by molar-refractivity contribution is -0.192. The number of nitrogens with two attached hydrogens (primary N) is 1. The molecule has 0 aliphatic heterocycles. The maximum atomic E-state index is 13.2. The topological polar surface area (TPSA) is 120 Å². The Morgan fingerprint density at radius 3 is 2.31 bits per heavy atom. The molecule has 3 rings (SSSR count). The molecule has 0 fully saturated rings. The highest BCUT2D eigenvalue weighted by molar-refractivity contribution is 5.73. The van der Waals surface area contributed by atoms with E-state index in [1.807, 2.05) is 0 Å². The van der Waals surface area contributed by atoms with Gasteiger partial charge in [-0.1, -0.05) is 5.16 Å². The van der Waals surface area contributed by atoms with Crippen LogP contribution < -0.4 is 5.73 Å². The van der Waals surface area contributed by atoms with E-state index in [1.54, 1.807) is 17.0 Å². The summed E-state index contributed by atoms with van der Waals surface area (Å²) in [6.45, 7) is 0.452. The lowest BCUT2D eigenvalue weighted by Crippen LogP contribution is -2.21. The lowest BCUT2D eigenvalue weighted by atomic mass is 10.2. The van der Waals surface area contributed by atoms with Crippen LogP contribution in [0.5, 0.6) is 0 Å². The lowest BCUT2D eigenvalue weighted by Gasteiger charge is -2.01. The van der Waals surface area contributed by atoms with Crippen molar-refractivity contribution < 1.29 is 40.8 Å². The summed E-state index contributed by atoms with van der Waals surface area (Å²) >= 11 is 0. The number of halogens is 6. The number of imidazole rings is 1. The van der Waals surface area contributed by atoms with Crippen molar-refractivity contribution >= 4 is 5.97 Å². The van der Waals surface area contributed by atoms with Crippen LogP contribution in [0.3, 0.4) is 0 Å². The molecule has 3 aromatic rings. The number of carboxylic acids is 1. The van der Waals surface area contributed by atoms with E-state index in [9.17, 15) is 26.3 Å². The van der Waals surface area contributed by atoms with Crippen LogP contribution in [0.1, 0.15) is 11.7 Å². The predicted octanol–water partition coefficient (Wildman–Crippen LogP) is 2.49. The molecule has 0 aliphatic rings. The normalized spacial score (nSPS) is 11.1. The minimum Gasteiger partial charge on any atom is -0.475 e. The average Bonchev–Trinajstić information content (AvgIpc) is 3.28. The smallest absolute Gasteiger partial charge is 0.475 e. The van der Waals surface area contributed by atoms with E-state index in [-0.39, 0.29) is 30.4 Å². The van der Waals surface area contributed by atoms with Crippen LogP contribution in [0.2, 0.25) is 0 Å². The minimum absolute atomic E-state index is 0.0175. The van der Waals surface area contributed by atoms with E-state index < -0.39 is 29.6 Å². The second kappa shape index (κ2) is 8.72. The van der Waals surface area contributed by atoms with Crippen LogP contribution >= 0.6 is 0 Å². The van der Waals surface area contributed by atoms with Gasteiger partial charge in [0.2, 0.25) is 11.7 Å². The second-order valence-corrected chi connectivity index (χ2v) is 5.24. The molecule has 14 heteroatoms. The molecule has 0 amide bonds. The van der Waals surface area contributed by atoms with Crippen LogP contribution in [0.4, 0.5) is 26.3 Å². The van der Waals surface area contributed by atoms with Crippen LogP contribution in [0, 0.1) is 17.5 Å². The minimum atomic E-state index is -5.08. The van der Waals surface area contributed by atoms with Gasteiger partial charge in [0.25, 0.3) is 0 Å². The molecule has 0 unspecified atom stereocenters. The molecular formula is C15H11F6N5O3. The van der Waals surface area contributed by atoms with E-state index in [4.69, 9.17) is 20.2 Å². The maximum Gasteiger partial charge on any atom is 0.490 e. The molecule has 2 aromatic heterocycles. The summed E-state index contributed by atoms with van der Waals surface area (Å²) in [5.74, 6) is -6.15. The number of aliphatic carboxylic acids is 1. The monoisotopic (exact) mass is 423 g/mol. The van der Waals surface area contributed by atoms with Crippen molar-refractivity contribution in [1.82, 2.24) is 19.7 Å². The van der Waals surface area contributed by atoms with Gasteiger partial charge in [0.1, 0.15) is 12.4 Å². The number of carbonyl (C=O) groups is 1. The molecule has 8 nitrogen and oxygen atoms in total. The number of rotatable bonds is 4. The van der Waals surface area contributed by atoms with Gasteiger partial charge in [0, 0.05) is 18.0 Å². The summed E-state index contributed by atoms with van der Waals surface area (Å²) in [7, 11) is 0. The fraction of sp³-hybridized carbons (Fsp3) is 0.200. The molecular weight excluding hydrogens is 412 g/mol. The standard InChI is InChI=1S/C13H10F3N5O.C2HF3O2/c14-8-3-7(4-9(15)12(8)16)13-19-11(22-20-13)6-21-2-1-18-10(21)5-17;3-2(4,5)1(6)7/h1-4H,5-6,17H2;(H,6,7). The largest absolute Gasteiger partial charge is 0.490 e. The first-order chi connectivity index (χ1) is 13.5. The molecule has 0 atom stereocenters. The van der Waals surface area contributed by atoms with Crippen molar-refractivity contribution in [2.24, 2.45) is 5.73 Å². The number of benzene rings is 1. The first-order valence-corrected chi connectivity index (χ1v) is 7.50. The van der Waals surface area contributed by atoms with E-state index in [2.05, 4.69) is 15.1 Å². The van der Waals surface area contributed by atoms with Crippen molar-refractivity contribution in [3.05, 3.63) is 53.7 Å². The first kappa shape index (κ1) is 21.9. The van der Waals surface area contributed by atoms with Gasteiger partial charge in [-0.25, -0.2) is 22.9 Å². The third kappa shape index (κ3) is 5.54. The second-order valence-electron chi connectivity index (χ2n) is 5.24. The summed E-state index contributed by atoms with van der Waals surface area (Å²) in [4.78, 5) is 17.0. The number of nitrogens with zero attached hydrogens (tertiary/aromatic N) is 4. The average molecular weight is 423 g/mol. The molecule has 0 radical (unpaired) electrons. The number of carboxylic acid groups (broad SMARTS) is 1. The quantitative estimate of drug-likeness (QED) is 0.489. The summed E-state index contributed by atoms with van der Waals surface area (Å²) < 4.78 is 77.8. The zero-order valence-corrected chi connectivity index (χ0v) is 14.1. The Morgan fingerprint density at radius 2 is 1.79 bits per heavy atom. The Balaban J connectivity index is 0.000000370. The van der Waals surface area contributed by atoms with Crippen molar-refractivity contribution in [3.63, 3.8) is 0 Å². The maximum absolute atomic E-state index is 13.2. The number of alkyl halides is 3. The molecule has 3 N–H and O–H groups in total. The van der Waals surface area contributed by atoms with Crippen molar-refractivity contribution in [1.29, 1.82) is 0 Å². The third-order valence-corrected chi connectivity index (χ3v) is 3.24.